The summed E-state index contributed by atoms with van der Waals surface area (Å²) in [6.45, 7) is 3.34. The molecular formula is C25H22Cl2N2O3S. The first-order valence-corrected chi connectivity index (χ1v) is 12.8. The lowest BCUT2D eigenvalue weighted by Gasteiger charge is -2.13. The van der Waals surface area contributed by atoms with E-state index in [-0.39, 0.29) is 4.90 Å². The first-order valence-electron chi connectivity index (χ1n) is 10.1. The zero-order valence-electron chi connectivity index (χ0n) is 18.3. The molecule has 0 spiro atoms. The summed E-state index contributed by atoms with van der Waals surface area (Å²) >= 11 is 12.7. The summed E-state index contributed by atoms with van der Waals surface area (Å²) in [5.41, 5.74) is 3.11. The van der Waals surface area contributed by atoms with Gasteiger partial charge in [0.25, 0.3) is 0 Å². The van der Waals surface area contributed by atoms with Crippen molar-refractivity contribution in [3.8, 4) is 28.1 Å². The van der Waals surface area contributed by atoms with Crippen molar-refractivity contribution in [2.24, 2.45) is 0 Å². The lowest BCUT2D eigenvalue weighted by Crippen LogP contribution is -2.16. The molecule has 0 saturated carbocycles. The van der Waals surface area contributed by atoms with Gasteiger partial charge in [-0.15, -0.1) is 0 Å². The van der Waals surface area contributed by atoms with Gasteiger partial charge in [0.1, 0.15) is 5.60 Å². The van der Waals surface area contributed by atoms with E-state index in [0.717, 1.165) is 16.8 Å². The maximum atomic E-state index is 11.9. The number of sulfone groups is 1. The second-order valence-electron chi connectivity index (χ2n) is 8.33. The number of nitrogens with zero attached hydrogens (tertiary/aromatic N) is 2. The van der Waals surface area contributed by atoms with Crippen molar-refractivity contribution in [1.82, 2.24) is 9.78 Å². The Hall–Kier alpha value is -2.64. The number of halogens is 2. The minimum Gasteiger partial charge on any atom is -0.384 e. The molecule has 170 valence electrons. The van der Waals surface area contributed by atoms with Crippen LogP contribution in [0.5, 0.6) is 0 Å². The summed E-state index contributed by atoms with van der Waals surface area (Å²) in [4.78, 5) is 0.267. The lowest BCUT2D eigenvalue weighted by molar-refractivity contribution is 0.0734. The van der Waals surface area contributed by atoms with Crippen LogP contribution in [0.3, 0.4) is 0 Å². The molecule has 0 aliphatic rings. The molecule has 0 aliphatic carbocycles. The molecule has 1 N–H and O–H groups in total. The number of hydrogen-bond acceptors (Lipinski definition) is 4. The first-order chi connectivity index (χ1) is 15.4. The topological polar surface area (TPSA) is 72.2 Å². The molecule has 0 radical (unpaired) electrons. The van der Waals surface area contributed by atoms with Crippen LogP contribution in [-0.4, -0.2) is 29.6 Å². The van der Waals surface area contributed by atoms with E-state index < -0.39 is 15.4 Å². The van der Waals surface area contributed by atoms with E-state index in [0.29, 0.717) is 27.0 Å². The number of rotatable bonds is 5. The van der Waals surface area contributed by atoms with Crippen molar-refractivity contribution in [3.05, 3.63) is 88.5 Å². The quantitative estimate of drug-likeness (QED) is 0.356. The molecule has 1 aromatic heterocycles. The fourth-order valence-corrected chi connectivity index (χ4v) is 4.54. The Bertz CT molecular complexity index is 1440. The van der Waals surface area contributed by atoms with Crippen LogP contribution >= 0.6 is 23.2 Å². The molecule has 0 atom stereocenters. The Morgan fingerprint density at radius 2 is 1.58 bits per heavy atom. The number of aromatic nitrogens is 2. The Balaban J connectivity index is 1.81. The highest BCUT2D eigenvalue weighted by atomic mass is 35.5. The van der Waals surface area contributed by atoms with Crippen molar-refractivity contribution < 1.29 is 13.5 Å². The van der Waals surface area contributed by atoms with Crippen LogP contribution in [0.4, 0.5) is 0 Å². The molecular weight excluding hydrogens is 479 g/mol. The van der Waals surface area contributed by atoms with Crippen LogP contribution in [0.2, 0.25) is 10.0 Å². The zero-order chi connectivity index (χ0) is 24.0. The average molecular weight is 501 g/mol. The molecule has 4 rings (SSSR count). The van der Waals surface area contributed by atoms with E-state index in [9.17, 15) is 13.5 Å². The van der Waals surface area contributed by atoms with Gasteiger partial charge in [0, 0.05) is 11.8 Å². The normalized spacial score (nSPS) is 12.2. The molecule has 0 bridgehead atoms. The second kappa shape index (κ2) is 8.61. The van der Waals surface area contributed by atoms with Gasteiger partial charge >= 0.3 is 0 Å². The van der Waals surface area contributed by atoms with E-state index in [2.05, 4.69) is 5.10 Å². The summed E-state index contributed by atoms with van der Waals surface area (Å²) < 4.78 is 25.5. The van der Waals surface area contributed by atoms with Crippen molar-refractivity contribution in [3.63, 3.8) is 0 Å². The third-order valence-electron chi connectivity index (χ3n) is 5.27. The van der Waals surface area contributed by atoms with E-state index in [4.69, 9.17) is 23.2 Å². The van der Waals surface area contributed by atoms with E-state index >= 15 is 0 Å². The minimum absolute atomic E-state index is 0.267. The number of hydrogen-bond donors (Lipinski definition) is 1. The van der Waals surface area contributed by atoms with Crippen LogP contribution in [0, 0.1) is 0 Å². The Morgan fingerprint density at radius 3 is 2.21 bits per heavy atom. The Kier molecular flexibility index (Phi) is 6.14. The average Bonchev–Trinajstić information content (AvgIpc) is 3.21. The molecule has 0 saturated heterocycles. The maximum absolute atomic E-state index is 11.9. The van der Waals surface area contributed by atoms with Gasteiger partial charge in [-0.3, -0.25) is 0 Å². The highest BCUT2D eigenvalue weighted by molar-refractivity contribution is 7.90. The third-order valence-corrected chi connectivity index (χ3v) is 7.20. The molecule has 0 fully saturated rings. The summed E-state index contributed by atoms with van der Waals surface area (Å²) in [6.07, 6.45) is 1.19. The van der Waals surface area contributed by atoms with Gasteiger partial charge in [-0.2, -0.15) is 5.10 Å². The Labute approximate surface area is 203 Å². The molecule has 4 aromatic rings. The van der Waals surface area contributed by atoms with Crippen LogP contribution in [0.1, 0.15) is 19.5 Å². The van der Waals surface area contributed by atoms with Crippen molar-refractivity contribution in [1.29, 1.82) is 0 Å². The molecule has 0 unspecified atom stereocenters. The highest BCUT2D eigenvalue weighted by Crippen LogP contribution is 2.36. The first kappa shape index (κ1) is 23.5. The van der Waals surface area contributed by atoms with Crippen LogP contribution < -0.4 is 0 Å². The van der Waals surface area contributed by atoms with Gasteiger partial charge in [-0.25, -0.2) is 13.1 Å². The summed E-state index contributed by atoms with van der Waals surface area (Å²) in [5, 5.41) is 16.0. The van der Waals surface area contributed by atoms with Gasteiger partial charge in [0.05, 0.1) is 32.0 Å². The standard InChI is InChI=1S/C25H22Cl2N2O3S/c1-25(2,30)23-15-22(20-8-5-9-21(26)24(20)27)29(28-23)18-12-10-16(11-13-18)17-6-4-7-19(14-17)33(3,31)32/h4-15,30H,1-3H3. The van der Waals surface area contributed by atoms with E-state index in [1.165, 1.54) is 6.26 Å². The van der Waals surface area contributed by atoms with Crippen molar-refractivity contribution >= 4 is 33.0 Å². The molecule has 5 nitrogen and oxygen atoms in total. The SMILES string of the molecule is CC(C)(O)c1cc(-c2cccc(Cl)c2Cl)n(-c2ccc(-c3cccc(S(C)(=O)=O)c3)cc2)n1. The summed E-state index contributed by atoms with van der Waals surface area (Å²) in [7, 11) is -3.30. The van der Waals surface area contributed by atoms with Gasteiger partial charge in [-0.1, -0.05) is 59.6 Å². The maximum Gasteiger partial charge on any atom is 0.175 e. The summed E-state index contributed by atoms with van der Waals surface area (Å²) in [6, 6.07) is 21.5. The van der Waals surface area contributed by atoms with Gasteiger partial charge in [0.2, 0.25) is 0 Å². The fourth-order valence-electron chi connectivity index (χ4n) is 3.47. The number of aliphatic hydroxyl groups is 1. The molecule has 0 aliphatic heterocycles. The molecule has 1 heterocycles. The molecule has 33 heavy (non-hydrogen) atoms. The predicted octanol–water partition coefficient (Wildman–Crippen LogP) is 6.14. The lowest BCUT2D eigenvalue weighted by atomic mass is 10.0. The minimum atomic E-state index is -3.30. The zero-order valence-corrected chi connectivity index (χ0v) is 20.6. The van der Waals surface area contributed by atoms with Gasteiger partial charge in [0.15, 0.2) is 9.84 Å². The van der Waals surface area contributed by atoms with E-state index in [1.54, 1.807) is 48.9 Å². The number of benzene rings is 3. The third kappa shape index (κ3) is 4.84. The van der Waals surface area contributed by atoms with Gasteiger partial charge in [-0.05, 0) is 61.4 Å². The largest absolute Gasteiger partial charge is 0.384 e. The molecule has 3 aromatic carbocycles. The van der Waals surface area contributed by atoms with Crippen molar-refractivity contribution in [2.75, 3.05) is 6.26 Å². The fraction of sp³-hybridized carbons (Fsp3) is 0.160. The van der Waals surface area contributed by atoms with Gasteiger partial charge < -0.3 is 5.11 Å². The monoisotopic (exact) mass is 500 g/mol. The van der Waals surface area contributed by atoms with Crippen LogP contribution in [-0.2, 0) is 15.4 Å². The highest BCUT2D eigenvalue weighted by Gasteiger charge is 2.24. The van der Waals surface area contributed by atoms with Crippen LogP contribution in [0.15, 0.2) is 77.7 Å². The predicted molar refractivity (Wildman–Crippen MR) is 133 cm³/mol. The van der Waals surface area contributed by atoms with Crippen molar-refractivity contribution in [2.45, 2.75) is 24.3 Å². The van der Waals surface area contributed by atoms with Crippen LogP contribution in [0.25, 0.3) is 28.1 Å². The smallest absolute Gasteiger partial charge is 0.175 e. The molecule has 0 amide bonds. The summed E-state index contributed by atoms with van der Waals surface area (Å²) in [5.74, 6) is 0. The second-order valence-corrected chi connectivity index (χ2v) is 11.1. The van der Waals surface area contributed by atoms with E-state index in [1.807, 2.05) is 42.5 Å². The Morgan fingerprint density at radius 1 is 0.909 bits per heavy atom. The molecule has 8 heteroatoms.